The number of likely N-dealkylation sites (tertiary alicyclic amines) is 1. The Bertz CT molecular complexity index is 1210. The van der Waals surface area contributed by atoms with Crippen molar-refractivity contribution in [1.29, 1.82) is 0 Å². The molecule has 0 radical (unpaired) electrons. The number of hydrogen-bond donors (Lipinski definition) is 3. The van der Waals surface area contributed by atoms with Crippen molar-refractivity contribution >= 4 is 29.4 Å². The highest BCUT2D eigenvalue weighted by Crippen LogP contribution is 2.25. The summed E-state index contributed by atoms with van der Waals surface area (Å²) < 4.78 is 2.53. The van der Waals surface area contributed by atoms with Crippen molar-refractivity contribution in [3.05, 3.63) is 33.8 Å². The van der Waals surface area contributed by atoms with Gasteiger partial charge in [-0.2, -0.15) is 9.61 Å². The minimum absolute atomic E-state index is 0.0162. The quantitative estimate of drug-likeness (QED) is 0.508. The zero-order valence-corrected chi connectivity index (χ0v) is 18.7. The molecule has 2 fully saturated rings. The van der Waals surface area contributed by atoms with Gasteiger partial charge < -0.3 is 21.1 Å². The average Bonchev–Trinajstić information content (AvgIpc) is 3.25. The number of carbonyl (C=O) groups excluding carboxylic acids is 3. The first kappa shape index (κ1) is 22.6. The molecule has 33 heavy (non-hydrogen) atoms. The van der Waals surface area contributed by atoms with E-state index in [0.717, 1.165) is 17.4 Å². The van der Waals surface area contributed by atoms with Gasteiger partial charge in [0.2, 0.25) is 17.7 Å². The highest BCUT2D eigenvalue weighted by Gasteiger charge is 2.32. The van der Waals surface area contributed by atoms with Crippen LogP contribution in [0.1, 0.15) is 55.5 Å². The Morgan fingerprint density at radius 1 is 1.30 bits per heavy atom. The molecule has 0 aromatic carbocycles. The first-order valence-electron chi connectivity index (χ1n) is 11.1. The normalized spacial score (nSPS) is 18.5. The highest BCUT2D eigenvalue weighted by atomic mass is 16.3. The van der Waals surface area contributed by atoms with E-state index in [1.165, 1.54) is 27.8 Å². The van der Waals surface area contributed by atoms with Crippen LogP contribution in [0.5, 0.6) is 5.88 Å². The van der Waals surface area contributed by atoms with Crippen LogP contribution in [-0.2, 0) is 16.1 Å². The molecule has 11 heteroatoms. The number of fused-ring (bicyclic) bond motifs is 1. The standard InChI is InChI=1S/C22H28N6O5/c1-12(2)11-27-20-13(5-8-16(29)26-9-3-4-15(26)18(23)30)10-24-28(20)22(33)17(21(27)32)19(31)25-14-6-7-14/h5,8,10,12,14-15,32H,3-4,6-7,9,11H2,1-2H3,(H2,23,30)(H,25,31). The number of nitrogens with two attached hydrogens (primary N) is 1. The molecule has 176 valence electrons. The highest BCUT2D eigenvalue weighted by molar-refractivity contribution is 5.98. The molecule has 1 saturated heterocycles. The SMILES string of the molecule is CC(C)Cn1c(O)c(C(=O)NC2CC2)c(=O)n2ncc(C=CC(=O)N3CCCC3C(N)=O)c12. The third kappa shape index (κ3) is 4.35. The third-order valence-electron chi connectivity index (χ3n) is 5.87. The van der Waals surface area contributed by atoms with E-state index in [4.69, 9.17) is 5.73 Å². The molecule has 11 nitrogen and oxygen atoms in total. The van der Waals surface area contributed by atoms with Crippen LogP contribution >= 0.6 is 0 Å². The number of aromatic hydroxyl groups is 1. The molecule has 0 spiro atoms. The van der Waals surface area contributed by atoms with E-state index in [1.807, 2.05) is 13.8 Å². The van der Waals surface area contributed by atoms with E-state index in [2.05, 4.69) is 10.4 Å². The number of nitrogens with zero attached hydrogens (tertiary/aromatic N) is 4. The molecule has 2 aromatic heterocycles. The lowest BCUT2D eigenvalue weighted by atomic mass is 10.2. The molecule has 1 saturated carbocycles. The monoisotopic (exact) mass is 456 g/mol. The van der Waals surface area contributed by atoms with E-state index < -0.39 is 29.3 Å². The maximum Gasteiger partial charge on any atom is 0.291 e. The van der Waals surface area contributed by atoms with Gasteiger partial charge in [0.05, 0.1) is 6.20 Å². The lowest BCUT2D eigenvalue weighted by Crippen LogP contribution is -2.43. The fraction of sp³-hybridized carbons (Fsp3) is 0.500. The molecule has 4 N–H and O–H groups in total. The number of rotatable bonds is 7. The van der Waals surface area contributed by atoms with Crippen LogP contribution in [0, 0.1) is 5.92 Å². The smallest absolute Gasteiger partial charge is 0.291 e. The molecule has 3 amide bonds. The van der Waals surface area contributed by atoms with Crippen LogP contribution in [0.4, 0.5) is 0 Å². The topological polar surface area (TPSA) is 152 Å². The van der Waals surface area contributed by atoms with Gasteiger partial charge in [0, 0.05) is 30.8 Å². The van der Waals surface area contributed by atoms with Gasteiger partial charge in [0.25, 0.3) is 11.5 Å². The Balaban J connectivity index is 1.75. The van der Waals surface area contributed by atoms with Crippen molar-refractivity contribution < 1.29 is 19.5 Å². The summed E-state index contributed by atoms with van der Waals surface area (Å²) in [5.74, 6) is -1.91. The summed E-state index contributed by atoms with van der Waals surface area (Å²) in [5, 5.41) is 17.8. The van der Waals surface area contributed by atoms with Crippen LogP contribution in [0.2, 0.25) is 0 Å². The van der Waals surface area contributed by atoms with E-state index in [-0.39, 0.29) is 29.1 Å². The summed E-state index contributed by atoms with van der Waals surface area (Å²) in [6, 6.07) is -0.621. The third-order valence-corrected chi connectivity index (χ3v) is 5.87. The van der Waals surface area contributed by atoms with E-state index in [1.54, 1.807) is 0 Å². The van der Waals surface area contributed by atoms with Crippen LogP contribution in [-0.4, -0.2) is 60.5 Å². The maximum absolute atomic E-state index is 13.0. The predicted octanol–water partition coefficient (Wildman–Crippen LogP) is 0.239. The van der Waals surface area contributed by atoms with Gasteiger partial charge in [-0.1, -0.05) is 13.8 Å². The molecule has 1 unspecified atom stereocenters. The summed E-state index contributed by atoms with van der Waals surface area (Å²) in [6.07, 6.45) is 7.08. The van der Waals surface area contributed by atoms with Gasteiger partial charge in [-0.25, -0.2) is 0 Å². The van der Waals surface area contributed by atoms with Crippen LogP contribution in [0.3, 0.4) is 0 Å². The van der Waals surface area contributed by atoms with Crippen LogP contribution < -0.4 is 16.6 Å². The van der Waals surface area contributed by atoms with Gasteiger partial charge >= 0.3 is 0 Å². The van der Waals surface area contributed by atoms with Crippen molar-refractivity contribution in [2.24, 2.45) is 11.7 Å². The second kappa shape index (κ2) is 8.72. The molecule has 1 aliphatic carbocycles. The first-order valence-corrected chi connectivity index (χ1v) is 11.1. The van der Waals surface area contributed by atoms with Crippen molar-refractivity contribution in [1.82, 2.24) is 24.4 Å². The van der Waals surface area contributed by atoms with Crippen LogP contribution in [0.15, 0.2) is 17.1 Å². The van der Waals surface area contributed by atoms with Crippen molar-refractivity contribution in [3.63, 3.8) is 0 Å². The molecular weight excluding hydrogens is 428 g/mol. The lowest BCUT2D eigenvalue weighted by molar-refractivity contribution is -0.133. The maximum atomic E-state index is 13.0. The molecular formula is C22H28N6O5. The number of nitrogens with one attached hydrogen (secondary N) is 1. The number of aromatic nitrogens is 3. The molecule has 0 bridgehead atoms. The first-order chi connectivity index (χ1) is 15.7. The Hall–Kier alpha value is -3.63. The van der Waals surface area contributed by atoms with Crippen molar-refractivity contribution in [2.45, 2.75) is 58.2 Å². The molecule has 3 heterocycles. The summed E-state index contributed by atoms with van der Waals surface area (Å²) >= 11 is 0. The van der Waals surface area contributed by atoms with Crippen molar-refractivity contribution in [3.8, 4) is 5.88 Å². The lowest BCUT2D eigenvalue weighted by Gasteiger charge is -2.20. The summed E-state index contributed by atoms with van der Waals surface area (Å²) in [7, 11) is 0. The van der Waals surface area contributed by atoms with E-state index in [0.29, 0.717) is 31.5 Å². The Kier molecular flexibility index (Phi) is 5.96. The van der Waals surface area contributed by atoms with Gasteiger partial charge in [-0.15, -0.1) is 0 Å². The molecule has 2 aromatic rings. The van der Waals surface area contributed by atoms with Crippen LogP contribution in [0.25, 0.3) is 11.7 Å². The average molecular weight is 457 g/mol. The fourth-order valence-electron chi connectivity index (χ4n) is 4.13. The molecule has 1 atom stereocenters. The van der Waals surface area contributed by atoms with E-state index in [9.17, 15) is 24.3 Å². The molecule has 4 rings (SSSR count). The zero-order valence-electron chi connectivity index (χ0n) is 18.7. The van der Waals surface area contributed by atoms with Gasteiger partial charge in [0.15, 0.2) is 5.56 Å². The number of carbonyl (C=O) groups is 3. The van der Waals surface area contributed by atoms with E-state index >= 15 is 0 Å². The Labute approximate surface area is 189 Å². The second-order valence-electron chi connectivity index (χ2n) is 9.02. The second-order valence-corrected chi connectivity index (χ2v) is 9.02. The predicted molar refractivity (Wildman–Crippen MR) is 119 cm³/mol. The largest absolute Gasteiger partial charge is 0.494 e. The summed E-state index contributed by atoms with van der Waals surface area (Å²) in [4.78, 5) is 51.4. The summed E-state index contributed by atoms with van der Waals surface area (Å²) in [5.41, 5.74) is 4.99. The minimum Gasteiger partial charge on any atom is -0.494 e. The molecule has 2 aliphatic rings. The van der Waals surface area contributed by atoms with Gasteiger partial charge in [0.1, 0.15) is 11.7 Å². The van der Waals surface area contributed by atoms with Gasteiger partial charge in [-0.05, 0) is 37.7 Å². The Morgan fingerprint density at radius 3 is 2.67 bits per heavy atom. The van der Waals surface area contributed by atoms with Crippen molar-refractivity contribution in [2.75, 3.05) is 6.54 Å². The van der Waals surface area contributed by atoms with Gasteiger partial charge in [-0.3, -0.25) is 23.7 Å². The summed E-state index contributed by atoms with van der Waals surface area (Å²) in [6.45, 7) is 4.62. The zero-order chi connectivity index (χ0) is 23.9. The fourth-order valence-corrected chi connectivity index (χ4v) is 4.13. The Morgan fingerprint density at radius 2 is 2.03 bits per heavy atom. The number of primary amides is 1. The molecule has 1 aliphatic heterocycles. The minimum atomic E-state index is -0.736. The number of hydrogen-bond acceptors (Lipinski definition) is 6. The number of amides is 3.